The van der Waals surface area contributed by atoms with Gasteiger partial charge >= 0.3 is 5.97 Å². The predicted molar refractivity (Wildman–Crippen MR) is 71.5 cm³/mol. The molecule has 0 saturated carbocycles. The Morgan fingerprint density at radius 1 is 1.47 bits per heavy atom. The number of guanidine groups is 1. The molecule has 1 heterocycles. The zero-order valence-electron chi connectivity index (χ0n) is 10.2. The fourth-order valence-electron chi connectivity index (χ4n) is 1.07. The van der Waals surface area contributed by atoms with Crippen molar-refractivity contribution in [2.75, 3.05) is 17.6 Å². The first-order valence-electron chi connectivity index (χ1n) is 5.32. The van der Waals surface area contributed by atoms with E-state index in [9.17, 15) is 4.79 Å². The molecule has 0 unspecified atom stereocenters. The highest BCUT2D eigenvalue weighted by molar-refractivity contribution is 6.31. The summed E-state index contributed by atoms with van der Waals surface area (Å²) in [7, 11) is 0. The van der Waals surface area contributed by atoms with E-state index in [2.05, 4.69) is 25.3 Å². The van der Waals surface area contributed by atoms with Gasteiger partial charge in [-0.15, -0.1) is 0 Å². The van der Waals surface area contributed by atoms with Crippen molar-refractivity contribution in [3.05, 3.63) is 10.8 Å². The van der Waals surface area contributed by atoms with E-state index in [1.54, 1.807) is 0 Å². The zero-order chi connectivity index (χ0) is 14.4. The van der Waals surface area contributed by atoms with Gasteiger partial charge in [-0.1, -0.05) is 18.5 Å². The molecule has 9 nitrogen and oxygen atoms in total. The third-order valence-corrected chi connectivity index (χ3v) is 2.11. The lowest BCUT2D eigenvalue weighted by molar-refractivity contribution is 0.0509. The van der Waals surface area contributed by atoms with Gasteiger partial charge in [0, 0.05) is 6.54 Å². The maximum atomic E-state index is 11.5. The van der Waals surface area contributed by atoms with Gasteiger partial charge < -0.3 is 27.4 Å². The molecule has 7 N–H and O–H groups in total. The van der Waals surface area contributed by atoms with E-state index in [1.807, 2.05) is 6.92 Å². The van der Waals surface area contributed by atoms with Crippen molar-refractivity contribution < 1.29 is 9.63 Å². The number of halogens is 1. The minimum atomic E-state index is -0.956. The van der Waals surface area contributed by atoms with Crippen molar-refractivity contribution in [1.29, 1.82) is 0 Å². The molecular formula is C9H14ClN7O2. The molecule has 19 heavy (non-hydrogen) atoms. The Bertz CT molecular complexity index is 502. The molecule has 0 atom stereocenters. The van der Waals surface area contributed by atoms with Crippen LogP contribution in [-0.4, -0.2) is 28.4 Å². The molecule has 0 spiro atoms. The van der Waals surface area contributed by atoms with E-state index in [-0.39, 0.29) is 16.7 Å². The molecule has 104 valence electrons. The Morgan fingerprint density at radius 2 is 2.16 bits per heavy atom. The second-order valence-corrected chi connectivity index (χ2v) is 3.78. The number of aromatic nitrogens is 2. The van der Waals surface area contributed by atoms with E-state index in [1.165, 1.54) is 0 Å². The number of carbonyl (C=O) groups excluding carboxylic acids is 1. The van der Waals surface area contributed by atoms with Crippen LogP contribution in [0.5, 0.6) is 0 Å². The number of nitrogens with two attached hydrogens (primary N) is 3. The third kappa shape index (κ3) is 4.14. The SMILES string of the molecule is CCCNc1nc(N)c(C(=O)ON=C(N)N)nc1Cl. The predicted octanol–water partition coefficient (Wildman–Crippen LogP) is -0.121. The van der Waals surface area contributed by atoms with Crippen molar-refractivity contribution in [2.24, 2.45) is 16.6 Å². The van der Waals surface area contributed by atoms with Gasteiger partial charge in [0.05, 0.1) is 0 Å². The quantitative estimate of drug-likeness (QED) is 0.253. The lowest BCUT2D eigenvalue weighted by Gasteiger charge is -2.08. The Labute approximate surface area is 114 Å². The molecule has 1 aromatic rings. The number of nitrogen functional groups attached to an aromatic ring is 1. The molecule has 0 aliphatic carbocycles. The van der Waals surface area contributed by atoms with Crippen LogP contribution in [0.15, 0.2) is 5.16 Å². The lowest BCUT2D eigenvalue weighted by atomic mass is 10.4. The van der Waals surface area contributed by atoms with Crippen molar-refractivity contribution in [1.82, 2.24) is 9.97 Å². The van der Waals surface area contributed by atoms with Crippen LogP contribution in [-0.2, 0) is 4.84 Å². The Kier molecular flexibility index (Phi) is 5.12. The average Bonchev–Trinajstić information content (AvgIpc) is 2.36. The Balaban J connectivity index is 2.94. The number of oxime groups is 1. The summed E-state index contributed by atoms with van der Waals surface area (Å²) >= 11 is 5.86. The molecule has 0 radical (unpaired) electrons. The van der Waals surface area contributed by atoms with Crippen molar-refractivity contribution in [3.63, 3.8) is 0 Å². The summed E-state index contributed by atoms with van der Waals surface area (Å²) in [5, 5.41) is 6.00. The topological polar surface area (TPSA) is 155 Å². The third-order valence-electron chi connectivity index (χ3n) is 1.85. The van der Waals surface area contributed by atoms with Crippen molar-refractivity contribution >= 4 is 35.2 Å². The number of nitrogens with one attached hydrogen (secondary N) is 1. The molecule has 0 bridgehead atoms. The summed E-state index contributed by atoms with van der Waals surface area (Å²) in [6.07, 6.45) is 0.867. The summed E-state index contributed by atoms with van der Waals surface area (Å²) < 4.78 is 0. The fourth-order valence-corrected chi connectivity index (χ4v) is 1.26. The molecule has 0 saturated heterocycles. The van der Waals surface area contributed by atoms with Gasteiger partial charge in [0.25, 0.3) is 0 Å². The van der Waals surface area contributed by atoms with Crippen LogP contribution in [0.3, 0.4) is 0 Å². The summed E-state index contributed by atoms with van der Waals surface area (Å²) in [4.78, 5) is 23.6. The first-order chi connectivity index (χ1) is 8.95. The molecular weight excluding hydrogens is 274 g/mol. The number of hydrogen-bond donors (Lipinski definition) is 4. The first kappa shape index (κ1) is 14.8. The van der Waals surface area contributed by atoms with Crippen LogP contribution >= 0.6 is 11.6 Å². The van der Waals surface area contributed by atoms with Gasteiger partial charge in [-0.25, -0.2) is 14.8 Å². The van der Waals surface area contributed by atoms with Crippen LogP contribution in [0.2, 0.25) is 5.15 Å². The van der Waals surface area contributed by atoms with Crippen LogP contribution in [0.1, 0.15) is 23.8 Å². The maximum Gasteiger partial charge on any atom is 0.387 e. The minimum Gasteiger partial charge on any atom is -0.382 e. The van der Waals surface area contributed by atoms with Crippen LogP contribution < -0.4 is 22.5 Å². The highest BCUT2D eigenvalue weighted by Crippen LogP contribution is 2.20. The highest BCUT2D eigenvalue weighted by atomic mass is 35.5. The van der Waals surface area contributed by atoms with Gasteiger partial charge in [-0.3, -0.25) is 0 Å². The number of rotatable bonds is 5. The second-order valence-electron chi connectivity index (χ2n) is 3.42. The molecule has 1 rings (SSSR count). The minimum absolute atomic E-state index is 0.000648. The maximum absolute atomic E-state index is 11.5. The largest absolute Gasteiger partial charge is 0.387 e. The smallest absolute Gasteiger partial charge is 0.382 e. The molecule has 0 fully saturated rings. The molecule has 0 aliphatic rings. The fraction of sp³-hybridized carbons (Fsp3) is 0.333. The lowest BCUT2D eigenvalue weighted by Crippen LogP contribution is -2.24. The summed E-state index contributed by atoms with van der Waals surface area (Å²) in [6.45, 7) is 2.62. The van der Waals surface area contributed by atoms with E-state index < -0.39 is 11.9 Å². The Morgan fingerprint density at radius 3 is 2.74 bits per heavy atom. The van der Waals surface area contributed by atoms with E-state index >= 15 is 0 Å². The average molecular weight is 288 g/mol. The van der Waals surface area contributed by atoms with Crippen molar-refractivity contribution in [3.8, 4) is 0 Å². The van der Waals surface area contributed by atoms with Crippen LogP contribution in [0.25, 0.3) is 0 Å². The van der Waals surface area contributed by atoms with Gasteiger partial charge in [-0.2, -0.15) is 0 Å². The zero-order valence-corrected chi connectivity index (χ0v) is 10.9. The normalized spacial score (nSPS) is 9.79. The number of carbonyl (C=O) groups is 1. The van der Waals surface area contributed by atoms with Crippen LogP contribution in [0, 0.1) is 0 Å². The molecule has 0 aliphatic heterocycles. The summed E-state index contributed by atoms with van der Waals surface area (Å²) in [6, 6.07) is 0. The molecule has 0 amide bonds. The van der Waals surface area contributed by atoms with Gasteiger partial charge in [0.1, 0.15) is 0 Å². The summed E-state index contributed by atoms with van der Waals surface area (Å²) in [5.41, 5.74) is 15.3. The first-order valence-corrected chi connectivity index (χ1v) is 5.70. The number of anilines is 2. The van der Waals surface area contributed by atoms with E-state index in [0.717, 1.165) is 6.42 Å². The monoisotopic (exact) mass is 287 g/mol. The van der Waals surface area contributed by atoms with Crippen LogP contribution in [0.4, 0.5) is 11.6 Å². The molecule has 10 heteroatoms. The van der Waals surface area contributed by atoms with Gasteiger partial charge in [0.2, 0.25) is 5.96 Å². The standard InChI is InChI=1S/C9H14ClN7O2/c1-2-3-14-7-5(10)15-4(6(11)16-7)8(18)19-17-9(12)13/h2-3H2,1H3,(H3,11,14,16)(H4,12,13,17). The number of hydrogen-bond acceptors (Lipinski definition) is 7. The van der Waals surface area contributed by atoms with Gasteiger partial charge in [0.15, 0.2) is 22.5 Å². The van der Waals surface area contributed by atoms with Gasteiger partial charge in [-0.05, 0) is 11.6 Å². The van der Waals surface area contributed by atoms with E-state index in [0.29, 0.717) is 12.4 Å². The molecule has 1 aromatic heterocycles. The van der Waals surface area contributed by atoms with E-state index in [4.69, 9.17) is 28.8 Å². The van der Waals surface area contributed by atoms with Crippen molar-refractivity contribution in [2.45, 2.75) is 13.3 Å². The summed E-state index contributed by atoms with van der Waals surface area (Å²) in [5.74, 6) is -1.22. The highest BCUT2D eigenvalue weighted by Gasteiger charge is 2.18. The Hall–Kier alpha value is -2.29. The molecule has 0 aromatic carbocycles. The second kappa shape index (κ2) is 6.59. The number of nitrogens with zero attached hydrogens (tertiary/aromatic N) is 3.